The van der Waals surface area contributed by atoms with E-state index in [0.29, 0.717) is 37.7 Å². The topological polar surface area (TPSA) is 76.5 Å². The molecule has 0 bridgehead atoms. The number of ether oxygens (including phenoxy) is 1. The van der Waals surface area contributed by atoms with Gasteiger partial charge in [-0.1, -0.05) is 18.2 Å². The Morgan fingerprint density at radius 3 is 2.86 bits per heavy atom. The van der Waals surface area contributed by atoms with Crippen molar-refractivity contribution in [2.45, 2.75) is 51.8 Å². The maximum atomic E-state index is 13.2. The van der Waals surface area contributed by atoms with E-state index in [1.807, 2.05) is 40.8 Å². The Labute approximate surface area is 170 Å². The summed E-state index contributed by atoms with van der Waals surface area (Å²) in [5.41, 5.74) is 3.55. The normalized spacial score (nSPS) is 20.0. The minimum atomic E-state index is -0.483. The van der Waals surface area contributed by atoms with E-state index >= 15 is 0 Å². The van der Waals surface area contributed by atoms with E-state index in [1.165, 1.54) is 12.8 Å². The van der Waals surface area contributed by atoms with Crippen molar-refractivity contribution >= 4 is 11.8 Å². The number of rotatable bonds is 5. The molecule has 2 aromatic rings. The van der Waals surface area contributed by atoms with Crippen molar-refractivity contribution < 1.29 is 14.3 Å². The van der Waals surface area contributed by atoms with E-state index < -0.39 is 6.10 Å². The lowest BCUT2D eigenvalue weighted by Crippen LogP contribution is -2.44. The maximum absolute atomic E-state index is 13.2. The summed E-state index contributed by atoms with van der Waals surface area (Å²) in [6.45, 7) is 4.38. The van der Waals surface area contributed by atoms with Crippen LogP contribution >= 0.6 is 0 Å². The summed E-state index contributed by atoms with van der Waals surface area (Å²) in [6, 6.07) is 7.80. The number of carbonyl (C=O) groups is 2. The molecule has 1 fully saturated rings. The summed E-state index contributed by atoms with van der Waals surface area (Å²) in [6.07, 6.45) is 3.30. The number of aromatic nitrogens is 2. The van der Waals surface area contributed by atoms with Gasteiger partial charge in [0.25, 0.3) is 11.8 Å². The third-order valence-corrected chi connectivity index (χ3v) is 6.05. The van der Waals surface area contributed by atoms with Gasteiger partial charge < -0.3 is 15.0 Å². The number of nitrogens with one attached hydrogen (secondary N) is 1. The highest BCUT2D eigenvalue weighted by Gasteiger charge is 2.36. The second kappa shape index (κ2) is 7.21. The van der Waals surface area contributed by atoms with Gasteiger partial charge in [-0.2, -0.15) is 5.10 Å². The molecule has 1 unspecified atom stereocenters. The Morgan fingerprint density at radius 2 is 2.10 bits per heavy atom. The molecule has 0 spiro atoms. The van der Waals surface area contributed by atoms with Gasteiger partial charge in [0.05, 0.1) is 0 Å². The minimum Gasteiger partial charge on any atom is -0.480 e. The molecule has 1 aromatic carbocycles. The molecule has 1 atom stereocenters. The fourth-order valence-electron chi connectivity index (χ4n) is 4.33. The number of carbonyl (C=O) groups excluding carboxylic acids is 2. The standard InChI is InChI=1S/C22H26N4O3/c1-2-23-21(27)20-16-13-25(10-9-17(16)26(24-20)12-14-7-8-14)22(28)19-11-15-5-3-4-6-18(15)29-19/h3-6,14,19H,2,7-13H2,1H3,(H,23,27). The smallest absolute Gasteiger partial charge is 0.272 e. The SMILES string of the molecule is CCNC(=O)c1nn(CC2CC2)c2c1CN(C(=O)C1Cc3ccccc3O1)CC2. The number of nitrogens with zero attached hydrogens (tertiary/aromatic N) is 3. The second-order valence-electron chi connectivity index (χ2n) is 8.19. The number of benzene rings is 1. The first-order valence-corrected chi connectivity index (χ1v) is 10.5. The molecule has 29 heavy (non-hydrogen) atoms. The van der Waals surface area contributed by atoms with Gasteiger partial charge in [-0.05, 0) is 37.3 Å². The van der Waals surface area contributed by atoms with Gasteiger partial charge in [-0.15, -0.1) is 0 Å². The predicted molar refractivity (Wildman–Crippen MR) is 107 cm³/mol. The fourth-order valence-corrected chi connectivity index (χ4v) is 4.33. The van der Waals surface area contributed by atoms with Crippen molar-refractivity contribution in [1.29, 1.82) is 0 Å². The second-order valence-corrected chi connectivity index (χ2v) is 8.19. The maximum Gasteiger partial charge on any atom is 0.272 e. The lowest BCUT2D eigenvalue weighted by Gasteiger charge is -2.29. The first-order chi connectivity index (χ1) is 14.1. The molecular formula is C22H26N4O3. The van der Waals surface area contributed by atoms with Gasteiger partial charge in [0.1, 0.15) is 5.75 Å². The Hall–Kier alpha value is -2.83. The zero-order valence-electron chi connectivity index (χ0n) is 16.7. The molecule has 152 valence electrons. The minimum absolute atomic E-state index is 0.0105. The van der Waals surface area contributed by atoms with Crippen LogP contribution in [0.5, 0.6) is 5.75 Å². The van der Waals surface area contributed by atoms with Crippen LogP contribution in [0.15, 0.2) is 24.3 Å². The van der Waals surface area contributed by atoms with Crippen molar-refractivity contribution in [3.63, 3.8) is 0 Å². The van der Waals surface area contributed by atoms with Gasteiger partial charge in [0.2, 0.25) is 0 Å². The molecule has 3 heterocycles. The van der Waals surface area contributed by atoms with Crippen LogP contribution in [-0.4, -0.2) is 45.7 Å². The van der Waals surface area contributed by atoms with Crippen molar-refractivity contribution in [2.75, 3.05) is 13.1 Å². The average molecular weight is 394 g/mol. The average Bonchev–Trinajstić information content (AvgIpc) is 3.32. The third-order valence-electron chi connectivity index (χ3n) is 6.05. The molecule has 3 aliphatic rings. The Bertz CT molecular complexity index is 938. The number of para-hydroxylation sites is 1. The molecule has 7 heteroatoms. The lowest BCUT2D eigenvalue weighted by molar-refractivity contribution is -0.138. The first kappa shape index (κ1) is 18.2. The zero-order valence-corrected chi connectivity index (χ0v) is 16.7. The molecule has 1 N–H and O–H groups in total. The summed E-state index contributed by atoms with van der Waals surface area (Å²) in [5, 5.41) is 7.51. The van der Waals surface area contributed by atoms with Crippen molar-refractivity contribution in [2.24, 2.45) is 5.92 Å². The molecule has 0 radical (unpaired) electrons. The van der Waals surface area contributed by atoms with Crippen LogP contribution < -0.4 is 10.1 Å². The quantitative estimate of drug-likeness (QED) is 0.841. The molecule has 1 aliphatic carbocycles. The van der Waals surface area contributed by atoms with Crippen LogP contribution in [0.4, 0.5) is 0 Å². The van der Waals surface area contributed by atoms with Crippen LogP contribution in [0.2, 0.25) is 0 Å². The van der Waals surface area contributed by atoms with Crippen LogP contribution in [0.3, 0.4) is 0 Å². The van der Waals surface area contributed by atoms with E-state index in [4.69, 9.17) is 4.74 Å². The summed E-state index contributed by atoms with van der Waals surface area (Å²) in [5.74, 6) is 1.30. The highest BCUT2D eigenvalue weighted by Crippen LogP contribution is 2.33. The molecule has 7 nitrogen and oxygen atoms in total. The summed E-state index contributed by atoms with van der Waals surface area (Å²) in [4.78, 5) is 27.6. The Kier molecular flexibility index (Phi) is 4.53. The van der Waals surface area contributed by atoms with Crippen LogP contribution in [-0.2, 0) is 30.7 Å². The Balaban J connectivity index is 1.37. The van der Waals surface area contributed by atoms with E-state index in [1.54, 1.807) is 0 Å². The molecular weight excluding hydrogens is 368 g/mol. The van der Waals surface area contributed by atoms with Gasteiger partial charge >= 0.3 is 0 Å². The highest BCUT2D eigenvalue weighted by molar-refractivity contribution is 5.94. The van der Waals surface area contributed by atoms with Crippen LogP contribution in [0.1, 0.15) is 47.1 Å². The van der Waals surface area contributed by atoms with E-state index in [-0.39, 0.29) is 11.8 Å². The fraction of sp³-hybridized carbons (Fsp3) is 0.500. The molecule has 2 amide bonds. The number of hydrogen-bond acceptors (Lipinski definition) is 4. The van der Waals surface area contributed by atoms with Crippen molar-refractivity contribution in [1.82, 2.24) is 20.0 Å². The van der Waals surface area contributed by atoms with Crippen LogP contribution in [0.25, 0.3) is 0 Å². The zero-order chi connectivity index (χ0) is 20.0. The van der Waals surface area contributed by atoms with Gasteiger partial charge in [0, 0.05) is 50.3 Å². The molecule has 1 aromatic heterocycles. The first-order valence-electron chi connectivity index (χ1n) is 10.5. The largest absolute Gasteiger partial charge is 0.480 e. The van der Waals surface area contributed by atoms with Crippen molar-refractivity contribution in [3.05, 3.63) is 46.8 Å². The number of amides is 2. The van der Waals surface area contributed by atoms with Gasteiger partial charge in [0.15, 0.2) is 11.8 Å². The predicted octanol–water partition coefficient (Wildman–Crippen LogP) is 1.93. The molecule has 2 aliphatic heterocycles. The van der Waals surface area contributed by atoms with Crippen LogP contribution in [0, 0.1) is 5.92 Å². The Morgan fingerprint density at radius 1 is 1.28 bits per heavy atom. The lowest BCUT2D eigenvalue weighted by atomic mass is 10.0. The molecule has 5 rings (SSSR count). The van der Waals surface area contributed by atoms with E-state index in [2.05, 4.69) is 10.4 Å². The van der Waals surface area contributed by atoms with Gasteiger partial charge in [-0.25, -0.2) is 0 Å². The van der Waals surface area contributed by atoms with Gasteiger partial charge in [-0.3, -0.25) is 14.3 Å². The van der Waals surface area contributed by atoms with Crippen molar-refractivity contribution in [3.8, 4) is 5.75 Å². The number of fused-ring (bicyclic) bond motifs is 2. The van der Waals surface area contributed by atoms with E-state index in [0.717, 1.165) is 35.5 Å². The molecule has 0 saturated heterocycles. The molecule has 1 saturated carbocycles. The highest BCUT2D eigenvalue weighted by atomic mass is 16.5. The summed E-state index contributed by atoms with van der Waals surface area (Å²) < 4.78 is 7.92. The third kappa shape index (κ3) is 3.39. The summed E-state index contributed by atoms with van der Waals surface area (Å²) >= 11 is 0. The number of hydrogen-bond donors (Lipinski definition) is 1. The summed E-state index contributed by atoms with van der Waals surface area (Å²) in [7, 11) is 0. The monoisotopic (exact) mass is 394 g/mol. The van der Waals surface area contributed by atoms with E-state index in [9.17, 15) is 9.59 Å².